The molecule has 0 bridgehead atoms. The van der Waals surface area contributed by atoms with Crippen molar-refractivity contribution in [1.29, 1.82) is 5.26 Å². The molecule has 0 aromatic heterocycles. The molecule has 0 atom stereocenters. The average Bonchev–Trinajstić information content (AvgIpc) is 2.46. The molecule has 0 aliphatic heterocycles. The molecule has 0 N–H and O–H groups in total. The largest absolute Gasteiger partial charge is 0.192 e. The van der Waals surface area contributed by atoms with Crippen molar-refractivity contribution >= 4 is 10.8 Å². The Morgan fingerprint density at radius 3 is 2.37 bits per heavy atom. The van der Waals surface area contributed by atoms with Crippen molar-refractivity contribution in [2.45, 2.75) is 6.92 Å². The summed E-state index contributed by atoms with van der Waals surface area (Å²) in [5.41, 5.74) is 4.20. The lowest BCUT2D eigenvalue weighted by Crippen LogP contribution is -1.82. The number of rotatable bonds is 1. The topological polar surface area (TPSA) is 23.8 Å². The maximum Gasteiger partial charge on any atom is 0.0991 e. The first-order chi connectivity index (χ1) is 9.26. The molecule has 0 aliphatic rings. The van der Waals surface area contributed by atoms with Crippen molar-refractivity contribution in [1.82, 2.24) is 0 Å². The van der Waals surface area contributed by atoms with Crippen molar-refractivity contribution < 1.29 is 0 Å². The van der Waals surface area contributed by atoms with E-state index in [1.807, 2.05) is 24.3 Å². The Balaban J connectivity index is 2.15. The summed E-state index contributed by atoms with van der Waals surface area (Å²) in [7, 11) is 0. The van der Waals surface area contributed by atoms with Crippen molar-refractivity contribution in [3.63, 3.8) is 0 Å². The van der Waals surface area contributed by atoms with Crippen molar-refractivity contribution in [3.05, 3.63) is 71.8 Å². The molecule has 0 saturated carbocycles. The Hall–Kier alpha value is -2.59. The Morgan fingerprint density at radius 2 is 1.53 bits per heavy atom. The highest BCUT2D eigenvalue weighted by molar-refractivity contribution is 5.87. The van der Waals surface area contributed by atoms with Crippen molar-refractivity contribution in [2.24, 2.45) is 0 Å². The number of hydrogen-bond donors (Lipinski definition) is 0. The van der Waals surface area contributed by atoms with Gasteiger partial charge in [-0.3, -0.25) is 0 Å². The summed E-state index contributed by atoms with van der Waals surface area (Å²) in [6, 6.07) is 22.8. The second-order valence-corrected chi connectivity index (χ2v) is 4.76. The van der Waals surface area contributed by atoms with Crippen LogP contribution in [0.5, 0.6) is 0 Å². The normalized spacial score (nSPS) is 10.3. The molecular weight excluding hydrogens is 230 g/mol. The smallest absolute Gasteiger partial charge is 0.0991 e. The maximum atomic E-state index is 8.96. The van der Waals surface area contributed by atoms with Gasteiger partial charge < -0.3 is 0 Å². The highest BCUT2D eigenvalue weighted by Gasteiger charge is 2.01. The van der Waals surface area contributed by atoms with E-state index in [0.29, 0.717) is 5.56 Å². The molecule has 90 valence electrons. The van der Waals surface area contributed by atoms with E-state index < -0.39 is 0 Å². The van der Waals surface area contributed by atoms with E-state index in [1.165, 1.54) is 16.3 Å². The van der Waals surface area contributed by atoms with Gasteiger partial charge in [0.15, 0.2) is 0 Å². The van der Waals surface area contributed by atoms with Crippen LogP contribution in [0.2, 0.25) is 0 Å². The minimum Gasteiger partial charge on any atom is -0.192 e. The van der Waals surface area contributed by atoms with Crippen LogP contribution in [0.25, 0.3) is 21.9 Å². The molecule has 0 radical (unpaired) electrons. The summed E-state index contributed by atoms with van der Waals surface area (Å²) in [5, 5.41) is 11.4. The van der Waals surface area contributed by atoms with Gasteiger partial charge in [-0.05, 0) is 47.0 Å². The SMILES string of the molecule is Cc1ccc2cc(-c3cccc(C#N)c3)ccc2c1. The molecule has 3 aromatic carbocycles. The molecule has 0 saturated heterocycles. The summed E-state index contributed by atoms with van der Waals surface area (Å²) in [6.07, 6.45) is 0. The molecule has 0 fully saturated rings. The fourth-order valence-electron chi connectivity index (χ4n) is 2.31. The van der Waals surface area contributed by atoms with Gasteiger partial charge in [-0.1, -0.05) is 48.0 Å². The van der Waals surface area contributed by atoms with E-state index in [1.54, 1.807) is 0 Å². The first-order valence-electron chi connectivity index (χ1n) is 6.27. The fraction of sp³-hybridized carbons (Fsp3) is 0.0556. The molecule has 0 spiro atoms. The number of benzene rings is 3. The van der Waals surface area contributed by atoms with Gasteiger partial charge in [-0.15, -0.1) is 0 Å². The minimum atomic E-state index is 0.696. The van der Waals surface area contributed by atoms with Gasteiger partial charge in [0.2, 0.25) is 0 Å². The molecular formula is C18H13N. The lowest BCUT2D eigenvalue weighted by atomic mass is 9.99. The number of fused-ring (bicyclic) bond motifs is 1. The highest BCUT2D eigenvalue weighted by atomic mass is 14.2. The highest BCUT2D eigenvalue weighted by Crippen LogP contribution is 2.25. The second kappa shape index (κ2) is 4.59. The van der Waals surface area contributed by atoms with Crippen molar-refractivity contribution in [2.75, 3.05) is 0 Å². The Labute approximate surface area is 112 Å². The number of aryl methyl sites for hydroxylation is 1. The zero-order valence-electron chi connectivity index (χ0n) is 10.7. The molecule has 1 nitrogen and oxygen atoms in total. The standard InChI is InChI=1S/C18H13N/c1-13-5-6-17-11-18(8-7-16(17)9-13)15-4-2-3-14(10-15)12-19/h2-11H,1H3. The summed E-state index contributed by atoms with van der Waals surface area (Å²) in [4.78, 5) is 0. The third-order valence-corrected chi connectivity index (χ3v) is 3.32. The lowest BCUT2D eigenvalue weighted by Gasteiger charge is -2.05. The van der Waals surface area contributed by atoms with E-state index in [4.69, 9.17) is 5.26 Å². The average molecular weight is 243 g/mol. The first kappa shape index (κ1) is 11.5. The van der Waals surface area contributed by atoms with Gasteiger partial charge >= 0.3 is 0 Å². The van der Waals surface area contributed by atoms with Crippen LogP contribution >= 0.6 is 0 Å². The molecule has 3 aromatic rings. The summed E-state index contributed by atoms with van der Waals surface area (Å²) in [6.45, 7) is 2.10. The number of hydrogen-bond acceptors (Lipinski definition) is 1. The minimum absolute atomic E-state index is 0.696. The monoisotopic (exact) mass is 243 g/mol. The first-order valence-corrected chi connectivity index (χ1v) is 6.27. The van der Waals surface area contributed by atoms with Crippen LogP contribution in [0.15, 0.2) is 60.7 Å². The van der Waals surface area contributed by atoms with Gasteiger partial charge in [0.05, 0.1) is 11.6 Å². The fourth-order valence-corrected chi connectivity index (χ4v) is 2.31. The Morgan fingerprint density at radius 1 is 0.789 bits per heavy atom. The van der Waals surface area contributed by atoms with E-state index in [-0.39, 0.29) is 0 Å². The van der Waals surface area contributed by atoms with Gasteiger partial charge in [0.25, 0.3) is 0 Å². The molecule has 0 aliphatic carbocycles. The van der Waals surface area contributed by atoms with Gasteiger partial charge in [0, 0.05) is 0 Å². The van der Waals surface area contributed by atoms with E-state index in [2.05, 4.69) is 49.4 Å². The van der Waals surface area contributed by atoms with Crippen LogP contribution in [-0.2, 0) is 0 Å². The molecule has 0 heterocycles. The third kappa shape index (κ3) is 2.21. The third-order valence-electron chi connectivity index (χ3n) is 3.32. The van der Waals surface area contributed by atoms with Crippen LogP contribution < -0.4 is 0 Å². The van der Waals surface area contributed by atoms with Crippen LogP contribution in [0.1, 0.15) is 11.1 Å². The van der Waals surface area contributed by atoms with E-state index in [0.717, 1.165) is 11.1 Å². The molecule has 0 amide bonds. The summed E-state index contributed by atoms with van der Waals surface area (Å²) >= 11 is 0. The molecule has 3 rings (SSSR count). The lowest BCUT2D eigenvalue weighted by molar-refractivity contribution is 1.48. The quantitative estimate of drug-likeness (QED) is 0.608. The molecule has 0 unspecified atom stereocenters. The van der Waals surface area contributed by atoms with Crippen LogP contribution in [0, 0.1) is 18.3 Å². The van der Waals surface area contributed by atoms with Crippen LogP contribution in [0.3, 0.4) is 0 Å². The Kier molecular flexibility index (Phi) is 2.78. The zero-order valence-corrected chi connectivity index (χ0v) is 10.7. The molecule has 1 heteroatoms. The predicted molar refractivity (Wildman–Crippen MR) is 78.8 cm³/mol. The van der Waals surface area contributed by atoms with E-state index >= 15 is 0 Å². The van der Waals surface area contributed by atoms with Crippen LogP contribution in [-0.4, -0.2) is 0 Å². The van der Waals surface area contributed by atoms with Crippen LogP contribution in [0.4, 0.5) is 0 Å². The van der Waals surface area contributed by atoms with E-state index in [9.17, 15) is 0 Å². The number of nitrogens with zero attached hydrogens (tertiary/aromatic N) is 1. The van der Waals surface area contributed by atoms with Gasteiger partial charge in [-0.2, -0.15) is 5.26 Å². The summed E-state index contributed by atoms with van der Waals surface area (Å²) in [5.74, 6) is 0. The maximum absolute atomic E-state index is 8.96. The van der Waals surface area contributed by atoms with Gasteiger partial charge in [0.1, 0.15) is 0 Å². The number of nitriles is 1. The molecule has 19 heavy (non-hydrogen) atoms. The van der Waals surface area contributed by atoms with Crippen molar-refractivity contribution in [3.8, 4) is 17.2 Å². The second-order valence-electron chi connectivity index (χ2n) is 4.76. The summed E-state index contributed by atoms with van der Waals surface area (Å²) < 4.78 is 0. The predicted octanol–water partition coefficient (Wildman–Crippen LogP) is 4.69. The zero-order chi connectivity index (χ0) is 13.2. The van der Waals surface area contributed by atoms with Gasteiger partial charge in [-0.25, -0.2) is 0 Å². The Bertz CT molecular complexity index is 794.